The number of piperazine rings is 1. The zero-order valence-corrected chi connectivity index (χ0v) is 13.8. The second-order valence-corrected chi connectivity index (χ2v) is 6.20. The number of nitrogens with one attached hydrogen (secondary N) is 1. The third-order valence-electron chi connectivity index (χ3n) is 3.92. The Bertz CT molecular complexity index is 607. The van der Waals surface area contributed by atoms with Crippen LogP contribution in [0.15, 0.2) is 36.8 Å². The molecule has 1 N–H and O–H groups in total. The zero-order valence-electron chi connectivity index (χ0n) is 13.8. The minimum atomic E-state index is 0.593. The molecule has 3 heterocycles. The predicted octanol–water partition coefficient (Wildman–Crippen LogP) is 2.27. The maximum atomic E-state index is 4.43. The topological polar surface area (TPSA) is 57.2 Å². The lowest BCUT2D eigenvalue weighted by molar-refractivity contribution is 0.641. The normalized spacial score (nSPS) is 15.1. The maximum absolute atomic E-state index is 4.43. The van der Waals surface area contributed by atoms with Crippen LogP contribution >= 0.6 is 0 Å². The Morgan fingerprint density at radius 2 is 1.74 bits per heavy atom. The number of pyridine rings is 1. The summed E-state index contributed by atoms with van der Waals surface area (Å²) in [5.74, 6) is 3.53. The predicted molar refractivity (Wildman–Crippen MR) is 94.0 cm³/mol. The first-order valence-corrected chi connectivity index (χ1v) is 8.19. The monoisotopic (exact) mass is 312 g/mol. The number of anilines is 3. The van der Waals surface area contributed by atoms with Crippen LogP contribution < -0.4 is 15.1 Å². The molecule has 122 valence electrons. The summed E-state index contributed by atoms with van der Waals surface area (Å²) in [6.07, 6.45) is 3.49. The van der Waals surface area contributed by atoms with Gasteiger partial charge in [-0.3, -0.25) is 0 Å². The molecule has 6 nitrogen and oxygen atoms in total. The highest BCUT2D eigenvalue weighted by Crippen LogP contribution is 2.18. The highest BCUT2D eigenvalue weighted by molar-refractivity contribution is 5.50. The van der Waals surface area contributed by atoms with Gasteiger partial charge in [0.25, 0.3) is 0 Å². The highest BCUT2D eigenvalue weighted by Gasteiger charge is 2.19. The summed E-state index contributed by atoms with van der Waals surface area (Å²) in [5.41, 5.74) is 0. The Labute approximate surface area is 137 Å². The van der Waals surface area contributed by atoms with Crippen LogP contribution in [0.4, 0.5) is 17.5 Å². The standard InChI is InChI=1S/C17H24N6/c1-14(2)12-19-15-11-17(21-13-20-15)23-9-7-22(8-10-23)16-5-3-4-6-18-16/h3-6,11,13-14H,7-10,12H2,1-2H3,(H,19,20,21). The molecule has 0 bridgehead atoms. The lowest BCUT2D eigenvalue weighted by atomic mass is 10.2. The first-order valence-electron chi connectivity index (χ1n) is 8.19. The fraction of sp³-hybridized carbons (Fsp3) is 0.471. The highest BCUT2D eigenvalue weighted by atomic mass is 15.3. The number of hydrogen-bond donors (Lipinski definition) is 1. The summed E-state index contributed by atoms with van der Waals surface area (Å²) in [4.78, 5) is 17.8. The summed E-state index contributed by atoms with van der Waals surface area (Å²) in [5, 5.41) is 3.36. The van der Waals surface area contributed by atoms with Gasteiger partial charge in [0.2, 0.25) is 0 Å². The van der Waals surface area contributed by atoms with Gasteiger partial charge >= 0.3 is 0 Å². The van der Waals surface area contributed by atoms with Gasteiger partial charge in [0.05, 0.1) is 0 Å². The second-order valence-electron chi connectivity index (χ2n) is 6.20. The van der Waals surface area contributed by atoms with Gasteiger partial charge < -0.3 is 15.1 Å². The van der Waals surface area contributed by atoms with Crippen LogP contribution in [0.1, 0.15) is 13.8 Å². The molecule has 0 amide bonds. The van der Waals surface area contributed by atoms with Crippen LogP contribution in [0.3, 0.4) is 0 Å². The number of rotatable bonds is 5. The van der Waals surface area contributed by atoms with E-state index < -0.39 is 0 Å². The van der Waals surface area contributed by atoms with E-state index in [1.807, 2.05) is 24.4 Å². The van der Waals surface area contributed by atoms with Crippen LogP contribution in [0.5, 0.6) is 0 Å². The number of aromatic nitrogens is 3. The molecule has 6 heteroatoms. The average molecular weight is 312 g/mol. The van der Waals surface area contributed by atoms with Gasteiger partial charge in [-0.05, 0) is 18.1 Å². The summed E-state index contributed by atoms with van der Waals surface area (Å²) >= 11 is 0. The van der Waals surface area contributed by atoms with Gasteiger partial charge in [-0.2, -0.15) is 0 Å². The van der Waals surface area contributed by atoms with E-state index in [1.165, 1.54) is 0 Å². The molecule has 3 rings (SSSR count). The van der Waals surface area contributed by atoms with Gasteiger partial charge in [0.15, 0.2) is 0 Å². The van der Waals surface area contributed by atoms with Gasteiger partial charge in [0.1, 0.15) is 23.8 Å². The lowest BCUT2D eigenvalue weighted by Gasteiger charge is -2.36. The summed E-state index contributed by atoms with van der Waals surface area (Å²) in [7, 11) is 0. The van der Waals surface area contributed by atoms with E-state index in [0.29, 0.717) is 5.92 Å². The molecule has 0 atom stereocenters. The molecular weight excluding hydrogens is 288 g/mol. The van der Waals surface area contributed by atoms with Crippen LogP contribution in [0.25, 0.3) is 0 Å². The molecule has 0 spiro atoms. The van der Waals surface area contributed by atoms with Gasteiger partial charge in [0, 0.05) is 45.0 Å². The van der Waals surface area contributed by atoms with Crippen molar-refractivity contribution in [2.75, 3.05) is 47.8 Å². The van der Waals surface area contributed by atoms with Crippen LogP contribution in [0.2, 0.25) is 0 Å². The lowest BCUT2D eigenvalue weighted by Crippen LogP contribution is -2.47. The van der Waals surface area contributed by atoms with Crippen molar-refractivity contribution in [2.45, 2.75) is 13.8 Å². The molecular formula is C17H24N6. The molecule has 0 unspecified atom stereocenters. The Kier molecular flexibility index (Phi) is 4.90. The van der Waals surface area contributed by atoms with Crippen LogP contribution in [-0.4, -0.2) is 47.7 Å². The molecule has 1 aliphatic rings. The number of hydrogen-bond acceptors (Lipinski definition) is 6. The number of nitrogens with zero attached hydrogens (tertiary/aromatic N) is 5. The van der Waals surface area contributed by atoms with Crippen molar-refractivity contribution in [3.8, 4) is 0 Å². The molecule has 0 radical (unpaired) electrons. The first kappa shape index (κ1) is 15.5. The van der Waals surface area contributed by atoms with E-state index in [2.05, 4.69) is 50.0 Å². The quantitative estimate of drug-likeness (QED) is 0.914. The van der Waals surface area contributed by atoms with Gasteiger partial charge in [-0.25, -0.2) is 15.0 Å². The van der Waals surface area contributed by atoms with Gasteiger partial charge in [-0.1, -0.05) is 19.9 Å². The van der Waals surface area contributed by atoms with Crippen molar-refractivity contribution >= 4 is 17.5 Å². The van der Waals surface area contributed by atoms with E-state index in [4.69, 9.17) is 0 Å². The second kappa shape index (κ2) is 7.26. The third kappa shape index (κ3) is 4.09. The first-order chi connectivity index (χ1) is 11.2. The summed E-state index contributed by atoms with van der Waals surface area (Å²) in [6, 6.07) is 8.09. The zero-order chi connectivity index (χ0) is 16.1. The minimum Gasteiger partial charge on any atom is -0.370 e. The molecule has 2 aromatic rings. The van der Waals surface area contributed by atoms with Crippen molar-refractivity contribution in [3.05, 3.63) is 36.8 Å². The SMILES string of the molecule is CC(C)CNc1cc(N2CCN(c3ccccn3)CC2)ncn1. The molecule has 2 aromatic heterocycles. The average Bonchev–Trinajstić information content (AvgIpc) is 2.61. The molecule has 1 saturated heterocycles. The molecule has 1 fully saturated rings. The Hall–Kier alpha value is -2.37. The fourth-order valence-electron chi connectivity index (χ4n) is 2.63. The van der Waals surface area contributed by atoms with Crippen molar-refractivity contribution in [2.24, 2.45) is 5.92 Å². The molecule has 0 aromatic carbocycles. The van der Waals surface area contributed by atoms with E-state index in [9.17, 15) is 0 Å². The van der Waals surface area contributed by atoms with Crippen LogP contribution in [0, 0.1) is 5.92 Å². The van der Waals surface area contributed by atoms with Crippen molar-refractivity contribution in [1.29, 1.82) is 0 Å². The van der Waals surface area contributed by atoms with Gasteiger partial charge in [-0.15, -0.1) is 0 Å². The fourth-order valence-corrected chi connectivity index (χ4v) is 2.63. The molecule has 0 saturated carbocycles. The Balaban J connectivity index is 1.60. The van der Waals surface area contributed by atoms with Crippen molar-refractivity contribution < 1.29 is 0 Å². The third-order valence-corrected chi connectivity index (χ3v) is 3.92. The van der Waals surface area contributed by atoms with E-state index >= 15 is 0 Å². The molecule has 23 heavy (non-hydrogen) atoms. The smallest absolute Gasteiger partial charge is 0.134 e. The Morgan fingerprint density at radius 3 is 2.39 bits per heavy atom. The summed E-state index contributed by atoms with van der Waals surface area (Å²) < 4.78 is 0. The largest absolute Gasteiger partial charge is 0.370 e. The van der Waals surface area contributed by atoms with Crippen molar-refractivity contribution in [3.63, 3.8) is 0 Å². The maximum Gasteiger partial charge on any atom is 0.134 e. The van der Waals surface area contributed by atoms with E-state index in [0.717, 1.165) is 50.2 Å². The minimum absolute atomic E-state index is 0.593. The van der Waals surface area contributed by atoms with E-state index in [-0.39, 0.29) is 0 Å². The van der Waals surface area contributed by atoms with E-state index in [1.54, 1.807) is 6.33 Å². The van der Waals surface area contributed by atoms with Crippen LogP contribution in [-0.2, 0) is 0 Å². The molecule has 1 aliphatic heterocycles. The van der Waals surface area contributed by atoms with Crippen molar-refractivity contribution in [1.82, 2.24) is 15.0 Å². The molecule has 0 aliphatic carbocycles. The Morgan fingerprint density at radius 1 is 1.00 bits per heavy atom. The summed E-state index contributed by atoms with van der Waals surface area (Å²) in [6.45, 7) is 9.09.